The maximum Gasteiger partial charge on any atom is 0.264 e. The Morgan fingerprint density at radius 2 is 1.76 bits per heavy atom. The van der Waals surface area contributed by atoms with E-state index in [-0.39, 0.29) is 26.3 Å². The van der Waals surface area contributed by atoms with E-state index in [1.54, 1.807) is 37.3 Å². The lowest BCUT2D eigenvalue weighted by molar-refractivity contribution is 0.601. The minimum atomic E-state index is -3.88. The van der Waals surface area contributed by atoms with Crippen LogP contribution in [0.25, 0.3) is 0 Å². The van der Waals surface area contributed by atoms with Crippen LogP contribution in [0.2, 0.25) is 10.0 Å². The molecule has 0 aliphatic heterocycles. The molecule has 5 nitrogen and oxygen atoms in total. The van der Waals surface area contributed by atoms with Gasteiger partial charge in [0.25, 0.3) is 10.0 Å². The van der Waals surface area contributed by atoms with Crippen molar-refractivity contribution in [2.75, 3.05) is 10.1 Å². The Hall–Kier alpha value is -1.47. The van der Waals surface area contributed by atoms with Crippen molar-refractivity contribution in [3.8, 4) is 0 Å². The predicted octanol–water partition coefficient (Wildman–Crippen LogP) is 3.39. The van der Waals surface area contributed by atoms with Gasteiger partial charge >= 0.3 is 0 Å². The highest BCUT2D eigenvalue weighted by molar-refractivity contribution is 7.93. The van der Waals surface area contributed by atoms with Crippen LogP contribution in [-0.2, 0) is 10.0 Å². The summed E-state index contributed by atoms with van der Waals surface area (Å²) >= 11 is 12.1. The lowest BCUT2D eigenvalue weighted by Crippen LogP contribution is -2.18. The molecule has 0 amide bonds. The van der Waals surface area contributed by atoms with Crippen molar-refractivity contribution in [2.45, 2.75) is 11.8 Å². The largest absolute Gasteiger partial charge is 0.323 e. The number of hydrogen-bond acceptors (Lipinski definition) is 4. The number of aryl methyl sites for hydroxylation is 1. The Bertz CT molecular complexity index is 779. The van der Waals surface area contributed by atoms with E-state index in [2.05, 4.69) is 10.1 Å². The van der Waals surface area contributed by atoms with Crippen LogP contribution in [0.5, 0.6) is 0 Å². The van der Waals surface area contributed by atoms with E-state index in [0.717, 1.165) is 0 Å². The van der Waals surface area contributed by atoms with E-state index >= 15 is 0 Å². The zero-order valence-corrected chi connectivity index (χ0v) is 13.4. The number of hydrazine groups is 1. The first kappa shape index (κ1) is 15.9. The van der Waals surface area contributed by atoms with Crippen molar-refractivity contribution in [3.05, 3.63) is 52.0 Å². The van der Waals surface area contributed by atoms with Gasteiger partial charge in [0.05, 0.1) is 21.4 Å². The molecule has 0 unspecified atom stereocenters. The molecule has 0 atom stereocenters. The highest BCUT2D eigenvalue weighted by atomic mass is 35.5. The third-order valence-corrected chi connectivity index (χ3v) is 5.06. The summed E-state index contributed by atoms with van der Waals surface area (Å²) in [6.45, 7) is 1.76. The molecule has 0 saturated heterocycles. The van der Waals surface area contributed by atoms with Gasteiger partial charge in [0, 0.05) is 0 Å². The maximum absolute atomic E-state index is 12.5. The zero-order chi connectivity index (χ0) is 15.6. The normalized spacial score (nSPS) is 11.2. The average Bonchev–Trinajstić information content (AvgIpc) is 2.47. The molecule has 0 fully saturated rings. The number of benzene rings is 2. The molecule has 2 aromatic rings. The van der Waals surface area contributed by atoms with E-state index in [1.807, 2.05) is 0 Å². The Morgan fingerprint density at radius 3 is 2.43 bits per heavy atom. The number of nitrogen functional groups attached to an aromatic ring is 1. The predicted molar refractivity (Wildman–Crippen MR) is 86.3 cm³/mol. The van der Waals surface area contributed by atoms with Crippen LogP contribution in [-0.4, -0.2) is 8.42 Å². The first-order chi connectivity index (χ1) is 9.86. The number of para-hydroxylation sites is 1. The van der Waals surface area contributed by atoms with Crippen molar-refractivity contribution in [1.29, 1.82) is 0 Å². The topological polar surface area (TPSA) is 84.2 Å². The molecule has 0 aromatic heterocycles. The Kier molecular flexibility index (Phi) is 4.63. The standard InChI is InChI=1S/C13H13Cl2N3O2S/c1-8-6-7-9(14)13(12(8)15)18-21(19,20)11-5-3-2-4-10(11)17-16/h2-7,17-18H,16H2,1H3. The van der Waals surface area contributed by atoms with Gasteiger partial charge in [0.2, 0.25) is 0 Å². The molecule has 0 saturated carbocycles. The van der Waals surface area contributed by atoms with Gasteiger partial charge < -0.3 is 5.43 Å². The number of hydrogen-bond donors (Lipinski definition) is 3. The van der Waals surface area contributed by atoms with E-state index < -0.39 is 10.0 Å². The summed E-state index contributed by atoms with van der Waals surface area (Å²) in [4.78, 5) is 0.00106. The molecule has 21 heavy (non-hydrogen) atoms. The van der Waals surface area contributed by atoms with Crippen LogP contribution in [0.1, 0.15) is 5.56 Å². The lowest BCUT2D eigenvalue weighted by Gasteiger charge is -2.14. The van der Waals surface area contributed by atoms with E-state index in [1.165, 1.54) is 6.07 Å². The van der Waals surface area contributed by atoms with Crippen molar-refractivity contribution < 1.29 is 8.42 Å². The molecule has 0 spiro atoms. The minimum absolute atomic E-state index is 0.00106. The van der Waals surface area contributed by atoms with Crippen molar-refractivity contribution >= 4 is 44.6 Å². The Balaban J connectivity index is 2.50. The third-order valence-electron chi connectivity index (χ3n) is 2.85. The van der Waals surface area contributed by atoms with E-state index in [4.69, 9.17) is 29.0 Å². The Morgan fingerprint density at radius 1 is 1.10 bits per heavy atom. The second kappa shape index (κ2) is 6.11. The molecule has 0 radical (unpaired) electrons. The molecule has 4 N–H and O–H groups in total. The number of nitrogens with one attached hydrogen (secondary N) is 2. The zero-order valence-electron chi connectivity index (χ0n) is 11.0. The summed E-state index contributed by atoms with van der Waals surface area (Å²) in [5.41, 5.74) is 3.47. The lowest BCUT2D eigenvalue weighted by atomic mass is 10.2. The number of anilines is 2. The summed E-state index contributed by atoms with van der Waals surface area (Å²) < 4.78 is 27.3. The van der Waals surface area contributed by atoms with Crippen LogP contribution in [0.4, 0.5) is 11.4 Å². The monoisotopic (exact) mass is 345 g/mol. The Labute approximate surface area is 133 Å². The number of nitrogens with two attached hydrogens (primary N) is 1. The van der Waals surface area contributed by atoms with Gasteiger partial charge in [-0.1, -0.05) is 41.4 Å². The molecule has 0 bridgehead atoms. The van der Waals surface area contributed by atoms with Crippen LogP contribution >= 0.6 is 23.2 Å². The third kappa shape index (κ3) is 3.24. The fourth-order valence-electron chi connectivity index (χ4n) is 1.76. The first-order valence-electron chi connectivity index (χ1n) is 5.90. The SMILES string of the molecule is Cc1ccc(Cl)c(NS(=O)(=O)c2ccccc2NN)c1Cl. The number of rotatable bonds is 4. The van der Waals surface area contributed by atoms with E-state index in [0.29, 0.717) is 5.56 Å². The van der Waals surface area contributed by atoms with Crippen molar-refractivity contribution in [1.82, 2.24) is 0 Å². The molecule has 0 aliphatic carbocycles. The van der Waals surface area contributed by atoms with Crippen LogP contribution in [0.3, 0.4) is 0 Å². The van der Waals surface area contributed by atoms with Gasteiger partial charge in [0.1, 0.15) is 4.90 Å². The molecular formula is C13H13Cl2N3O2S. The summed E-state index contributed by atoms with van der Waals surface area (Å²) in [5, 5.41) is 0.469. The molecular weight excluding hydrogens is 333 g/mol. The molecule has 2 rings (SSSR count). The van der Waals surface area contributed by atoms with Gasteiger partial charge in [-0.05, 0) is 30.7 Å². The van der Waals surface area contributed by atoms with Crippen molar-refractivity contribution in [3.63, 3.8) is 0 Å². The second-order valence-corrected chi connectivity index (χ2v) is 6.74. The van der Waals surface area contributed by atoms with Gasteiger partial charge in [-0.25, -0.2) is 8.42 Å². The highest BCUT2D eigenvalue weighted by Gasteiger charge is 2.21. The number of sulfonamides is 1. The molecule has 0 heterocycles. The van der Waals surface area contributed by atoms with Gasteiger partial charge in [-0.3, -0.25) is 10.6 Å². The van der Waals surface area contributed by atoms with Crippen molar-refractivity contribution in [2.24, 2.45) is 5.84 Å². The average molecular weight is 346 g/mol. The summed E-state index contributed by atoms with van der Waals surface area (Å²) in [5.74, 6) is 5.33. The highest BCUT2D eigenvalue weighted by Crippen LogP contribution is 2.35. The molecule has 0 aliphatic rings. The van der Waals surface area contributed by atoms with Crippen LogP contribution < -0.4 is 16.0 Å². The quantitative estimate of drug-likeness (QED) is 0.585. The van der Waals surface area contributed by atoms with E-state index in [9.17, 15) is 8.42 Å². The summed E-state index contributed by atoms with van der Waals surface area (Å²) in [6, 6.07) is 9.52. The minimum Gasteiger partial charge on any atom is -0.323 e. The van der Waals surface area contributed by atoms with Crippen LogP contribution in [0, 0.1) is 6.92 Å². The molecule has 112 valence electrons. The summed E-state index contributed by atoms with van der Waals surface area (Å²) in [7, 11) is -3.88. The second-order valence-electron chi connectivity index (χ2n) is 4.30. The van der Waals surface area contributed by atoms with Gasteiger partial charge in [0.15, 0.2) is 0 Å². The molecule has 2 aromatic carbocycles. The fraction of sp³-hybridized carbons (Fsp3) is 0.0769. The maximum atomic E-state index is 12.5. The first-order valence-corrected chi connectivity index (χ1v) is 8.14. The smallest absolute Gasteiger partial charge is 0.264 e. The van der Waals surface area contributed by atoms with Gasteiger partial charge in [-0.2, -0.15) is 0 Å². The fourth-order valence-corrected chi connectivity index (χ4v) is 3.60. The van der Waals surface area contributed by atoms with Crippen LogP contribution in [0.15, 0.2) is 41.3 Å². The number of halogens is 2. The summed E-state index contributed by atoms with van der Waals surface area (Å²) in [6.07, 6.45) is 0. The van der Waals surface area contributed by atoms with Gasteiger partial charge in [-0.15, -0.1) is 0 Å². The molecule has 8 heteroatoms.